The first-order valence-electron chi connectivity index (χ1n) is 9.55. The molecule has 2 aromatic rings. The van der Waals surface area contributed by atoms with Gasteiger partial charge in [-0.15, -0.1) is 0 Å². The third kappa shape index (κ3) is 3.41. The van der Waals surface area contributed by atoms with Gasteiger partial charge in [0.1, 0.15) is 23.5 Å². The standard InChI is InChI=1S/C20H23N5O5/c1-3-30-19(26)16-17(12-7-6-8-13(11-12)29-2)22-23-18(16)24-20(27)21-14-9-4-5-10-15(14)25(24)28/h4-11,16-18,22-23,28H,3H2,1-2H3,(H,21,27). The van der Waals surface area contributed by atoms with Crippen LogP contribution in [0.4, 0.5) is 16.2 Å². The van der Waals surface area contributed by atoms with Crippen molar-refractivity contribution in [3.63, 3.8) is 0 Å². The third-order valence-corrected chi connectivity index (χ3v) is 5.13. The second-order valence-electron chi connectivity index (χ2n) is 6.85. The first-order valence-corrected chi connectivity index (χ1v) is 9.55. The second-order valence-corrected chi connectivity index (χ2v) is 6.85. The minimum Gasteiger partial charge on any atom is -0.497 e. The van der Waals surface area contributed by atoms with Crippen LogP contribution in [-0.2, 0) is 9.53 Å². The van der Waals surface area contributed by atoms with E-state index in [1.807, 2.05) is 12.1 Å². The van der Waals surface area contributed by atoms with Crippen molar-refractivity contribution in [3.05, 3.63) is 54.1 Å². The zero-order valence-corrected chi connectivity index (χ0v) is 16.5. The molecule has 1 fully saturated rings. The molecule has 0 aliphatic carbocycles. The van der Waals surface area contributed by atoms with E-state index >= 15 is 0 Å². The van der Waals surface area contributed by atoms with Crippen LogP contribution in [0.3, 0.4) is 0 Å². The van der Waals surface area contributed by atoms with Crippen molar-refractivity contribution in [2.45, 2.75) is 19.1 Å². The number of fused-ring (bicyclic) bond motifs is 1. The molecule has 2 aliphatic heterocycles. The van der Waals surface area contributed by atoms with E-state index in [-0.39, 0.29) is 6.61 Å². The van der Waals surface area contributed by atoms with Gasteiger partial charge in [-0.1, -0.05) is 24.3 Å². The number of hydrogen-bond acceptors (Lipinski definition) is 8. The van der Waals surface area contributed by atoms with E-state index in [1.165, 1.54) is 0 Å². The average molecular weight is 413 g/mol. The van der Waals surface area contributed by atoms with E-state index in [2.05, 4.69) is 16.2 Å². The highest BCUT2D eigenvalue weighted by atomic mass is 16.6. The smallest absolute Gasteiger partial charge is 0.344 e. The van der Waals surface area contributed by atoms with E-state index in [0.29, 0.717) is 17.1 Å². The van der Waals surface area contributed by atoms with Gasteiger partial charge < -0.3 is 14.8 Å². The molecule has 2 amide bonds. The van der Waals surface area contributed by atoms with Crippen LogP contribution in [0.25, 0.3) is 0 Å². The maximum absolute atomic E-state index is 12.9. The average Bonchev–Trinajstić information content (AvgIpc) is 3.19. The minimum atomic E-state index is -0.918. The molecule has 0 aromatic heterocycles. The molecule has 10 heteroatoms. The van der Waals surface area contributed by atoms with E-state index < -0.39 is 30.1 Å². The Balaban J connectivity index is 1.70. The van der Waals surface area contributed by atoms with Crippen molar-refractivity contribution >= 4 is 23.4 Å². The number of carbonyl (C=O) groups excluding carboxylic acids is 2. The van der Waals surface area contributed by atoms with Crippen molar-refractivity contribution < 1.29 is 24.3 Å². The Kier molecular flexibility index (Phi) is 5.44. The number of nitrogens with zero attached hydrogens (tertiary/aromatic N) is 2. The Bertz CT molecular complexity index is 955. The molecular formula is C20H23N5O5. The molecule has 158 valence electrons. The molecule has 2 aliphatic rings. The Labute approximate surface area is 173 Å². The van der Waals surface area contributed by atoms with E-state index in [4.69, 9.17) is 9.47 Å². The monoisotopic (exact) mass is 413 g/mol. The van der Waals surface area contributed by atoms with Gasteiger partial charge in [-0.25, -0.2) is 15.6 Å². The lowest BCUT2D eigenvalue weighted by Crippen LogP contribution is -2.61. The number of rotatable bonds is 5. The molecule has 3 unspecified atom stereocenters. The largest absolute Gasteiger partial charge is 0.497 e. The molecule has 0 spiro atoms. The number of anilines is 2. The summed E-state index contributed by atoms with van der Waals surface area (Å²) in [5, 5.41) is 15.3. The summed E-state index contributed by atoms with van der Waals surface area (Å²) < 4.78 is 10.6. The zero-order valence-electron chi connectivity index (χ0n) is 16.5. The normalized spacial score (nSPS) is 23.0. The quantitative estimate of drug-likeness (QED) is 0.551. The van der Waals surface area contributed by atoms with Crippen LogP contribution < -0.4 is 26.1 Å². The number of urea groups is 1. The Morgan fingerprint density at radius 3 is 2.73 bits per heavy atom. The number of amides is 2. The molecule has 3 atom stereocenters. The number of para-hydroxylation sites is 2. The fourth-order valence-electron chi connectivity index (χ4n) is 3.75. The zero-order chi connectivity index (χ0) is 21.3. The number of ether oxygens (including phenoxy) is 2. The summed E-state index contributed by atoms with van der Waals surface area (Å²) in [6.45, 7) is 1.90. The van der Waals surface area contributed by atoms with E-state index in [9.17, 15) is 14.8 Å². The molecule has 4 rings (SSSR count). The molecule has 10 nitrogen and oxygen atoms in total. The highest BCUT2D eigenvalue weighted by molar-refractivity contribution is 5.97. The Morgan fingerprint density at radius 1 is 1.17 bits per heavy atom. The van der Waals surface area contributed by atoms with Crippen LogP contribution in [-0.4, -0.2) is 42.1 Å². The van der Waals surface area contributed by atoms with E-state index in [0.717, 1.165) is 15.7 Å². The summed E-state index contributed by atoms with van der Waals surface area (Å²) >= 11 is 0. The summed E-state index contributed by atoms with van der Waals surface area (Å²) in [4.78, 5) is 25.7. The van der Waals surface area contributed by atoms with Crippen LogP contribution in [0.1, 0.15) is 18.5 Å². The first kappa shape index (κ1) is 20.0. The summed E-state index contributed by atoms with van der Waals surface area (Å²) in [7, 11) is 1.56. The summed E-state index contributed by atoms with van der Waals surface area (Å²) in [5.74, 6) is -0.718. The number of nitrogens with one attached hydrogen (secondary N) is 3. The third-order valence-electron chi connectivity index (χ3n) is 5.13. The molecule has 0 radical (unpaired) electrons. The van der Waals surface area contributed by atoms with Crippen molar-refractivity contribution in [1.82, 2.24) is 15.9 Å². The predicted octanol–water partition coefficient (Wildman–Crippen LogP) is 2.01. The van der Waals surface area contributed by atoms with E-state index in [1.54, 1.807) is 50.4 Å². The SMILES string of the molecule is CCOC(=O)C1C(c2cccc(OC)c2)NNC1N1C(=O)Nc2ccccc2N1O. The van der Waals surface area contributed by atoms with Gasteiger partial charge in [0.2, 0.25) is 0 Å². The second kappa shape index (κ2) is 8.19. The highest BCUT2D eigenvalue weighted by Gasteiger charge is 2.50. The number of hydrogen-bond donors (Lipinski definition) is 4. The van der Waals surface area contributed by atoms with Crippen molar-refractivity contribution in [1.29, 1.82) is 0 Å². The molecule has 0 bridgehead atoms. The summed E-state index contributed by atoms with van der Waals surface area (Å²) in [6, 6.07) is 13.0. The van der Waals surface area contributed by atoms with Crippen LogP contribution in [0.15, 0.2) is 48.5 Å². The molecule has 30 heavy (non-hydrogen) atoms. The Hall–Kier alpha value is -3.34. The van der Waals surface area contributed by atoms with Crippen molar-refractivity contribution in [2.24, 2.45) is 5.92 Å². The van der Waals surface area contributed by atoms with Gasteiger partial charge in [0, 0.05) is 0 Å². The van der Waals surface area contributed by atoms with Crippen molar-refractivity contribution in [3.8, 4) is 5.75 Å². The maximum Gasteiger partial charge on any atom is 0.344 e. The lowest BCUT2D eigenvalue weighted by Gasteiger charge is -2.40. The number of carbonyl (C=O) groups is 2. The van der Waals surface area contributed by atoms with Gasteiger partial charge in [-0.2, -0.15) is 10.2 Å². The number of methoxy groups -OCH3 is 1. The van der Waals surface area contributed by atoms with Gasteiger partial charge in [-0.3, -0.25) is 10.0 Å². The van der Waals surface area contributed by atoms with Crippen LogP contribution >= 0.6 is 0 Å². The molecule has 2 aromatic carbocycles. The summed E-state index contributed by atoms with van der Waals surface area (Å²) in [5.41, 5.74) is 7.64. The molecular weight excluding hydrogens is 390 g/mol. The van der Waals surface area contributed by atoms with Crippen LogP contribution in [0.2, 0.25) is 0 Å². The Morgan fingerprint density at radius 2 is 1.97 bits per heavy atom. The highest BCUT2D eigenvalue weighted by Crippen LogP contribution is 2.37. The molecule has 4 N–H and O–H groups in total. The molecule has 2 heterocycles. The lowest BCUT2D eigenvalue weighted by molar-refractivity contribution is -0.150. The van der Waals surface area contributed by atoms with Gasteiger partial charge in [0.25, 0.3) is 0 Å². The van der Waals surface area contributed by atoms with Crippen molar-refractivity contribution in [2.75, 3.05) is 24.2 Å². The minimum absolute atomic E-state index is 0.185. The number of benzene rings is 2. The number of esters is 1. The predicted molar refractivity (Wildman–Crippen MR) is 107 cm³/mol. The maximum atomic E-state index is 12.9. The van der Waals surface area contributed by atoms with Gasteiger partial charge in [0.15, 0.2) is 0 Å². The van der Waals surface area contributed by atoms with Crippen LogP contribution in [0.5, 0.6) is 5.75 Å². The fourth-order valence-corrected chi connectivity index (χ4v) is 3.75. The van der Waals surface area contributed by atoms with Gasteiger partial charge >= 0.3 is 12.0 Å². The van der Waals surface area contributed by atoms with Crippen LogP contribution in [0, 0.1) is 5.92 Å². The topological polar surface area (TPSA) is 115 Å². The van der Waals surface area contributed by atoms with Gasteiger partial charge in [0.05, 0.1) is 25.4 Å². The summed E-state index contributed by atoms with van der Waals surface area (Å²) in [6.07, 6.45) is -0.918. The van der Waals surface area contributed by atoms with Gasteiger partial charge in [-0.05, 0) is 36.8 Å². The number of hydrazine groups is 2. The first-order chi connectivity index (χ1) is 14.5. The molecule has 0 saturated carbocycles. The molecule has 1 saturated heterocycles. The lowest BCUT2D eigenvalue weighted by atomic mass is 9.92. The fraction of sp³-hybridized carbons (Fsp3) is 0.300.